The van der Waals surface area contributed by atoms with E-state index in [1.165, 1.54) is 57.8 Å². The largest absolute Gasteiger partial charge is 0.371 e. The van der Waals surface area contributed by atoms with E-state index in [4.69, 9.17) is 4.74 Å². The van der Waals surface area contributed by atoms with Crippen LogP contribution in [0.4, 0.5) is 0 Å². The van der Waals surface area contributed by atoms with Gasteiger partial charge in [-0.1, -0.05) is 46.5 Å². The molecule has 120 valence electrons. The van der Waals surface area contributed by atoms with Crippen LogP contribution in [0.1, 0.15) is 85.5 Å². The van der Waals surface area contributed by atoms with Crippen LogP contribution in [0.5, 0.6) is 0 Å². The third-order valence-corrected chi connectivity index (χ3v) is 4.80. The van der Waals surface area contributed by atoms with E-state index in [0.29, 0.717) is 6.10 Å². The fourth-order valence-electron chi connectivity index (χ4n) is 3.32. The molecule has 1 saturated carbocycles. The minimum atomic E-state index is 0.118. The van der Waals surface area contributed by atoms with Gasteiger partial charge in [-0.25, -0.2) is 0 Å². The van der Waals surface area contributed by atoms with Crippen molar-refractivity contribution in [2.45, 2.75) is 97.2 Å². The van der Waals surface area contributed by atoms with Crippen molar-refractivity contribution in [1.82, 2.24) is 5.32 Å². The predicted octanol–water partition coefficient (Wildman–Crippen LogP) is 4.92. The maximum absolute atomic E-state index is 6.55. The van der Waals surface area contributed by atoms with Crippen molar-refractivity contribution in [2.24, 2.45) is 5.92 Å². The topological polar surface area (TPSA) is 21.3 Å². The summed E-state index contributed by atoms with van der Waals surface area (Å²) in [6.07, 6.45) is 12.1. The SMILES string of the molecule is CCCCCCC(C)OC1(CNCC)CCC(C)CC1. The fraction of sp³-hybridized carbons (Fsp3) is 1.00. The summed E-state index contributed by atoms with van der Waals surface area (Å²) in [5, 5.41) is 3.53. The van der Waals surface area contributed by atoms with E-state index in [1.807, 2.05) is 0 Å². The first kappa shape index (κ1) is 18.0. The molecule has 1 aliphatic carbocycles. The van der Waals surface area contributed by atoms with E-state index < -0.39 is 0 Å². The van der Waals surface area contributed by atoms with Gasteiger partial charge in [-0.2, -0.15) is 0 Å². The summed E-state index contributed by atoms with van der Waals surface area (Å²) in [6.45, 7) is 11.2. The highest BCUT2D eigenvalue weighted by Crippen LogP contribution is 2.35. The van der Waals surface area contributed by atoms with Crippen LogP contribution in [0.15, 0.2) is 0 Å². The summed E-state index contributed by atoms with van der Waals surface area (Å²) in [5.74, 6) is 0.883. The summed E-state index contributed by atoms with van der Waals surface area (Å²) in [5.41, 5.74) is 0.118. The van der Waals surface area contributed by atoms with Gasteiger partial charge < -0.3 is 10.1 Å². The first-order chi connectivity index (χ1) is 9.62. The maximum atomic E-state index is 6.55. The van der Waals surface area contributed by atoms with Crippen molar-refractivity contribution in [3.8, 4) is 0 Å². The standard InChI is InChI=1S/C18H37NO/c1-5-7-8-9-10-17(4)20-18(15-19-6-2)13-11-16(3)12-14-18/h16-17,19H,5-15H2,1-4H3. The van der Waals surface area contributed by atoms with Gasteiger partial charge in [0.25, 0.3) is 0 Å². The summed E-state index contributed by atoms with van der Waals surface area (Å²) in [6, 6.07) is 0. The Morgan fingerprint density at radius 3 is 2.45 bits per heavy atom. The molecule has 1 rings (SSSR count). The van der Waals surface area contributed by atoms with Gasteiger partial charge in [0.15, 0.2) is 0 Å². The van der Waals surface area contributed by atoms with Crippen LogP contribution in [0.2, 0.25) is 0 Å². The smallest absolute Gasteiger partial charge is 0.0810 e. The van der Waals surface area contributed by atoms with Crippen molar-refractivity contribution in [3.63, 3.8) is 0 Å². The third-order valence-electron chi connectivity index (χ3n) is 4.80. The molecule has 1 unspecified atom stereocenters. The zero-order valence-corrected chi connectivity index (χ0v) is 14.3. The van der Waals surface area contributed by atoms with Crippen LogP contribution in [0.3, 0.4) is 0 Å². The number of hydrogen-bond acceptors (Lipinski definition) is 2. The molecular formula is C18H37NO. The molecule has 0 bridgehead atoms. The Morgan fingerprint density at radius 1 is 1.15 bits per heavy atom. The molecule has 20 heavy (non-hydrogen) atoms. The van der Waals surface area contributed by atoms with Crippen molar-refractivity contribution in [1.29, 1.82) is 0 Å². The Balaban J connectivity index is 2.39. The average Bonchev–Trinajstić information content (AvgIpc) is 2.45. The second kappa shape index (κ2) is 9.78. The van der Waals surface area contributed by atoms with Gasteiger partial charge in [0.05, 0.1) is 11.7 Å². The predicted molar refractivity (Wildman–Crippen MR) is 88.2 cm³/mol. The van der Waals surface area contributed by atoms with E-state index >= 15 is 0 Å². The van der Waals surface area contributed by atoms with Crippen molar-refractivity contribution < 1.29 is 4.74 Å². The molecule has 0 spiro atoms. The summed E-state index contributed by atoms with van der Waals surface area (Å²) in [7, 11) is 0. The number of unbranched alkanes of at least 4 members (excludes halogenated alkanes) is 3. The third kappa shape index (κ3) is 6.58. The molecule has 1 N–H and O–H groups in total. The molecule has 0 saturated heterocycles. The second-order valence-electron chi connectivity index (χ2n) is 6.92. The molecule has 0 aromatic carbocycles. The lowest BCUT2D eigenvalue weighted by Gasteiger charge is -2.41. The highest BCUT2D eigenvalue weighted by Gasteiger charge is 2.35. The first-order valence-corrected chi connectivity index (χ1v) is 9.00. The van der Waals surface area contributed by atoms with Crippen LogP contribution in [0, 0.1) is 5.92 Å². The van der Waals surface area contributed by atoms with Gasteiger partial charge in [0, 0.05) is 6.54 Å². The second-order valence-corrected chi connectivity index (χ2v) is 6.92. The van der Waals surface area contributed by atoms with Crippen molar-refractivity contribution in [2.75, 3.05) is 13.1 Å². The Morgan fingerprint density at radius 2 is 1.85 bits per heavy atom. The van der Waals surface area contributed by atoms with Crippen LogP contribution >= 0.6 is 0 Å². The highest BCUT2D eigenvalue weighted by molar-refractivity contribution is 4.89. The summed E-state index contributed by atoms with van der Waals surface area (Å²) >= 11 is 0. The monoisotopic (exact) mass is 283 g/mol. The molecule has 0 heterocycles. The number of ether oxygens (including phenoxy) is 1. The van der Waals surface area contributed by atoms with E-state index in [9.17, 15) is 0 Å². The van der Waals surface area contributed by atoms with Gasteiger partial charge in [0.2, 0.25) is 0 Å². The normalized spacial score (nSPS) is 28.5. The lowest BCUT2D eigenvalue weighted by atomic mass is 9.79. The van der Waals surface area contributed by atoms with Crippen LogP contribution < -0.4 is 5.32 Å². The fourth-order valence-corrected chi connectivity index (χ4v) is 3.32. The Hall–Kier alpha value is -0.0800. The molecule has 0 aliphatic heterocycles. The minimum Gasteiger partial charge on any atom is -0.371 e. The zero-order chi connectivity index (χ0) is 14.8. The van der Waals surface area contributed by atoms with Crippen molar-refractivity contribution >= 4 is 0 Å². The molecule has 1 fully saturated rings. The lowest BCUT2D eigenvalue weighted by molar-refractivity contribution is -0.113. The number of nitrogens with one attached hydrogen (secondary N) is 1. The highest BCUT2D eigenvalue weighted by atomic mass is 16.5. The molecule has 1 atom stereocenters. The number of likely N-dealkylation sites (N-methyl/N-ethyl adjacent to an activating group) is 1. The van der Waals surface area contributed by atoms with Gasteiger partial charge in [0.1, 0.15) is 0 Å². The quantitative estimate of drug-likeness (QED) is 0.575. The van der Waals surface area contributed by atoms with Crippen LogP contribution in [0.25, 0.3) is 0 Å². The molecule has 0 aromatic heterocycles. The van der Waals surface area contributed by atoms with Crippen molar-refractivity contribution in [3.05, 3.63) is 0 Å². The van der Waals surface area contributed by atoms with Gasteiger partial charge >= 0.3 is 0 Å². The van der Waals surface area contributed by atoms with Gasteiger partial charge in [-0.15, -0.1) is 0 Å². The van der Waals surface area contributed by atoms with E-state index in [1.54, 1.807) is 0 Å². The minimum absolute atomic E-state index is 0.118. The summed E-state index contributed by atoms with van der Waals surface area (Å²) in [4.78, 5) is 0. The molecule has 0 amide bonds. The Bertz CT molecular complexity index is 228. The summed E-state index contributed by atoms with van der Waals surface area (Å²) < 4.78 is 6.55. The molecule has 2 nitrogen and oxygen atoms in total. The van der Waals surface area contributed by atoms with Crippen LogP contribution in [-0.4, -0.2) is 24.8 Å². The number of hydrogen-bond donors (Lipinski definition) is 1. The van der Waals surface area contributed by atoms with E-state index in [0.717, 1.165) is 19.0 Å². The molecule has 2 heteroatoms. The molecule has 0 radical (unpaired) electrons. The van der Waals surface area contributed by atoms with Crippen LogP contribution in [-0.2, 0) is 4.74 Å². The van der Waals surface area contributed by atoms with Gasteiger partial charge in [-0.3, -0.25) is 0 Å². The molecular weight excluding hydrogens is 246 g/mol. The average molecular weight is 284 g/mol. The van der Waals surface area contributed by atoms with E-state index in [-0.39, 0.29) is 5.60 Å². The maximum Gasteiger partial charge on any atom is 0.0810 e. The van der Waals surface area contributed by atoms with Gasteiger partial charge in [-0.05, 0) is 51.5 Å². The molecule has 1 aliphatic rings. The van der Waals surface area contributed by atoms with E-state index in [2.05, 4.69) is 33.0 Å². The molecule has 0 aromatic rings. The Labute approximate surface area is 127 Å². The lowest BCUT2D eigenvalue weighted by Crippen LogP contribution is -2.47. The first-order valence-electron chi connectivity index (χ1n) is 9.00. The zero-order valence-electron chi connectivity index (χ0n) is 14.3. The Kier molecular flexibility index (Phi) is 8.79. The number of rotatable bonds is 10.